The van der Waals surface area contributed by atoms with E-state index < -0.39 is 11.9 Å². The molecule has 0 radical (unpaired) electrons. The molecule has 0 aromatic heterocycles. The summed E-state index contributed by atoms with van der Waals surface area (Å²) in [7, 11) is 2.61. The van der Waals surface area contributed by atoms with Crippen LogP contribution >= 0.6 is 0 Å². The van der Waals surface area contributed by atoms with Crippen LogP contribution < -0.4 is 9.64 Å². The van der Waals surface area contributed by atoms with Crippen LogP contribution in [-0.4, -0.2) is 32.9 Å². The summed E-state index contributed by atoms with van der Waals surface area (Å²) in [6, 6.07) is 17.0. The van der Waals surface area contributed by atoms with E-state index in [1.165, 1.54) is 20.3 Å². The maximum Gasteiger partial charge on any atom is 0.337 e. The Kier molecular flexibility index (Phi) is 4.61. The third-order valence-corrected chi connectivity index (χ3v) is 4.85. The van der Waals surface area contributed by atoms with Gasteiger partial charge in [-0.3, -0.25) is 0 Å². The first kappa shape index (κ1) is 17.9. The van der Waals surface area contributed by atoms with Crippen molar-refractivity contribution in [2.24, 2.45) is 0 Å². The molecule has 4 rings (SSSR count). The smallest absolute Gasteiger partial charge is 0.337 e. The highest BCUT2D eigenvalue weighted by molar-refractivity contribution is 5.97. The molecule has 0 saturated carbocycles. The zero-order chi connectivity index (χ0) is 19.7. The van der Waals surface area contributed by atoms with Gasteiger partial charge in [0.05, 0.1) is 31.9 Å². The first-order valence-electron chi connectivity index (χ1n) is 8.81. The first-order chi connectivity index (χ1) is 13.6. The van der Waals surface area contributed by atoms with Gasteiger partial charge in [0.15, 0.2) is 6.73 Å². The number of carbonyl (C=O) groups excluding carboxylic acids is 2. The van der Waals surface area contributed by atoms with Crippen molar-refractivity contribution in [2.45, 2.75) is 6.54 Å². The minimum atomic E-state index is -0.518. The SMILES string of the molecule is COC(=O)c1cc(C(=O)OC)cc(N2COc3ccc4ccccc4c3C2)c1. The third-order valence-electron chi connectivity index (χ3n) is 4.85. The number of rotatable bonds is 3. The van der Waals surface area contributed by atoms with Crippen LogP contribution in [0.1, 0.15) is 26.3 Å². The van der Waals surface area contributed by atoms with E-state index in [0.29, 0.717) is 19.0 Å². The number of ether oxygens (including phenoxy) is 3. The molecule has 0 amide bonds. The van der Waals surface area contributed by atoms with Gasteiger partial charge in [-0.15, -0.1) is 0 Å². The number of carbonyl (C=O) groups is 2. The molecule has 1 heterocycles. The van der Waals surface area contributed by atoms with E-state index in [9.17, 15) is 9.59 Å². The lowest BCUT2D eigenvalue weighted by atomic mass is 10.0. The fourth-order valence-corrected chi connectivity index (χ4v) is 3.43. The number of nitrogens with zero attached hydrogens (tertiary/aromatic N) is 1. The number of methoxy groups -OCH3 is 2. The zero-order valence-electron chi connectivity index (χ0n) is 15.6. The third kappa shape index (κ3) is 3.13. The van der Waals surface area contributed by atoms with Crippen molar-refractivity contribution in [1.82, 2.24) is 0 Å². The molecule has 0 N–H and O–H groups in total. The minimum Gasteiger partial charge on any atom is -0.473 e. The van der Waals surface area contributed by atoms with Crippen molar-refractivity contribution in [1.29, 1.82) is 0 Å². The Balaban J connectivity index is 1.77. The molecule has 1 aliphatic heterocycles. The molecule has 0 aliphatic carbocycles. The molecule has 0 unspecified atom stereocenters. The van der Waals surface area contributed by atoms with E-state index in [0.717, 1.165) is 22.1 Å². The van der Waals surface area contributed by atoms with Gasteiger partial charge in [-0.2, -0.15) is 0 Å². The average molecular weight is 377 g/mol. The van der Waals surface area contributed by atoms with Crippen molar-refractivity contribution in [3.8, 4) is 5.75 Å². The van der Waals surface area contributed by atoms with Crippen molar-refractivity contribution >= 4 is 28.4 Å². The summed E-state index contributed by atoms with van der Waals surface area (Å²) in [5, 5.41) is 2.24. The van der Waals surface area contributed by atoms with Crippen molar-refractivity contribution < 1.29 is 23.8 Å². The summed E-state index contributed by atoms with van der Waals surface area (Å²) in [5.41, 5.74) is 2.31. The molecule has 0 atom stereocenters. The fourth-order valence-electron chi connectivity index (χ4n) is 3.43. The quantitative estimate of drug-likeness (QED) is 0.648. The lowest BCUT2D eigenvalue weighted by Gasteiger charge is -2.32. The summed E-state index contributed by atoms with van der Waals surface area (Å²) in [6.45, 7) is 0.887. The number of benzene rings is 3. The number of fused-ring (bicyclic) bond motifs is 3. The van der Waals surface area contributed by atoms with Gasteiger partial charge in [-0.05, 0) is 35.0 Å². The predicted molar refractivity (Wildman–Crippen MR) is 105 cm³/mol. The first-order valence-corrected chi connectivity index (χ1v) is 8.81. The Morgan fingerprint density at radius 3 is 2.29 bits per heavy atom. The molecule has 0 spiro atoms. The van der Waals surface area contributed by atoms with Gasteiger partial charge in [0.2, 0.25) is 0 Å². The van der Waals surface area contributed by atoms with Crippen LogP contribution in [0.2, 0.25) is 0 Å². The van der Waals surface area contributed by atoms with Crippen LogP contribution in [0.15, 0.2) is 54.6 Å². The zero-order valence-corrected chi connectivity index (χ0v) is 15.6. The number of esters is 2. The maximum absolute atomic E-state index is 12.1. The van der Waals surface area contributed by atoms with Crippen LogP contribution in [-0.2, 0) is 16.0 Å². The van der Waals surface area contributed by atoms with E-state index in [1.807, 2.05) is 29.2 Å². The Morgan fingerprint density at radius 2 is 1.61 bits per heavy atom. The van der Waals surface area contributed by atoms with Crippen LogP contribution in [0.5, 0.6) is 5.75 Å². The van der Waals surface area contributed by atoms with Gasteiger partial charge in [-0.1, -0.05) is 30.3 Å². The molecule has 3 aromatic carbocycles. The largest absolute Gasteiger partial charge is 0.473 e. The van der Waals surface area contributed by atoms with Crippen molar-refractivity contribution in [3.05, 3.63) is 71.3 Å². The molecule has 0 saturated heterocycles. The van der Waals surface area contributed by atoms with E-state index in [2.05, 4.69) is 12.1 Å². The lowest BCUT2D eigenvalue weighted by molar-refractivity contribution is 0.0599. The monoisotopic (exact) mass is 377 g/mol. The van der Waals surface area contributed by atoms with Crippen LogP contribution in [0.4, 0.5) is 5.69 Å². The molecule has 142 valence electrons. The van der Waals surface area contributed by atoms with Crippen LogP contribution in [0, 0.1) is 0 Å². The Labute approximate surface area is 162 Å². The summed E-state index contributed by atoms with van der Waals surface area (Å²) in [6.07, 6.45) is 0. The van der Waals surface area contributed by atoms with Gasteiger partial charge < -0.3 is 19.1 Å². The Bertz CT molecular complexity index is 1040. The lowest BCUT2D eigenvalue weighted by Crippen LogP contribution is -2.32. The minimum absolute atomic E-state index is 0.282. The normalized spacial score (nSPS) is 12.9. The number of hydrogen-bond donors (Lipinski definition) is 0. The highest BCUT2D eigenvalue weighted by Gasteiger charge is 2.22. The topological polar surface area (TPSA) is 65.1 Å². The number of anilines is 1. The average Bonchev–Trinajstić information content (AvgIpc) is 2.77. The molecule has 28 heavy (non-hydrogen) atoms. The molecule has 3 aromatic rings. The van der Waals surface area contributed by atoms with Crippen LogP contribution in [0.3, 0.4) is 0 Å². The Hall–Kier alpha value is -3.54. The fraction of sp³-hybridized carbons (Fsp3) is 0.182. The van der Waals surface area contributed by atoms with Crippen molar-refractivity contribution in [3.63, 3.8) is 0 Å². The second-order valence-corrected chi connectivity index (χ2v) is 6.49. The highest BCUT2D eigenvalue weighted by Crippen LogP contribution is 2.34. The summed E-state index contributed by atoms with van der Waals surface area (Å²) < 4.78 is 15.6. The summed E-state index contributed by atoms with van der Waals surface area (Å²) in [4.78, 5) is 26.1. The Morgan fingerprint density at radius 1 is 0.929 bits per heavy atom. The molecule has 6 heteroatoms. The van der Waals surface area contributed by atoms with Gasteiger partial charge >= 0.3 is 11.9 Å². The highest BCUT2D eigenvalue weighted by atomic mass is 16.5. The maximum atomic E-state index is 12.1. The van der Waals surface area contributed by atoms with Gasteiger partial charge in [-0.25, -0.2) is 9.59 Å². The molecular formula is C22H19NO5. The molecule has 1 aliphatic rings. The molecule has 6 nitrogen and oxygen atoms in total. The second-order valence-electron chi connectivity index (χ2n) is 6.49. The predicted octanol–water partition coefficient (Wildman–Crippen LogP) is 3.77. The van der Waals surface area contributed by atoms with Crippen LogP contribution in [0.25, 0.3) is 10.8 Å². The molecule has 0 fully saturated rings. The summed E-state index contributed by atoms with van der Waals surface area (Å²) >= 11 is 0. The van der Waals surface area contributed by atoms with E-state index in [1.54, 1.807) is 12.1 Å². The summed E-state index contributed by atoms with van der Waals surface area (Å²) in [5.74, 6) is -0.196. The van der Waals surface area contributed by atoms with E-state index in [4.69, 9.17) is 14.2 Å². The molecular weight excluding hydrogens is 358 g/mol. The van der Waals surface area contributed by atoms with Gasteiger partial charge in [0, 0.05) is 11.3 Å². The number of hydrogen-bond acceptors (Lipinski definition) is 6. The van der Waals surface area contributed by atoms with E-state index >= 15 is 0 Å². The standard InChI is InChI=1S/C22H19NO5/c1-26-21(24)15-9-16(22(25)27-2)11-17(10-15)23-12-19-18-6-4-3-5-14(18)7-8-20(19)28-13-23/h3-11H,12-13H2,1-2H3. The van der Waals surface area contributed by atoms with Gasteiger partial charge in [0.1, 0.15) is 5.75 Å². The second kappa shape index (κ2) is 7.23. The van der Waals surface area contributed by atoms with Crippen molar-refractivity contribution in [2.75, 3.05) is 25.9 Å². The molecule has 0 bridgehead atoms. The van der Waals surface area contributed by atoms with E-state index in [-0.39, 0.29) is 11.1 Å². The van der Waals surface area contributed by atoms with Gasteiger partial charge in [0.25, 0.3) is 0 Å².